The fourth-order valence-electron chi connectivity index (χ4n) is 3.58. The van der Waals surface area contributed by atoms with Gasteiger partial charge in [0.05, 0.1) is 0 Å². The average Bonchev–Trinajstić information content (AvgIpc) is 3.20. The van der Waals surface area contributed by atoms with Crippen molar-refractivity contribution in [2.45, 2.75) is 59.1 Å². The SMILES string of the molecule is CC(=O)c1c(C)[nH]c(C(=O)NCc2ccnc(OC3CCCC3)c2)c1C. The molecule has 0 aromatic carbocycles. The van der Waals surface area contributed by atoms with Crippen LogP contribution in [0, 0.1) is 13.8 Å². The Hall–Kier alpha value is -2.63. The lowest BCUT2D eigenvalue weighted by molar-refractivity contribution is 0.0945. The maximum absolute atomic E-state index is 12.5. The van der Waals surface area contributed by atoms with Crippen molar-refractivity contribution in [2.24, 2.45) is 0 Å². The number of aromatic nitrogens is 2. The molecule has 6 heteroatoms. The molecule has 2 aromatic rings. The fraction of sp³-hybridized carbons (Fsp3) is 0.450. The number of hydrogen-bond donors (Lipinski definition) is 2. The van der Waals surface area contributed by atoms with Crippen molar-refractivity contribution in [3.05, 3.63) is 46.4 Å². The second-order valence-corrected chi connectivity index (χ2v) is 6.89. The van der Waals surface area contributed by atoms with E-state index >= 15 is 0 Å². The van der Waals surface area contributed by atoms with Crippen LogP contribution in [0.1, 0.15) is 70.3 Å². The number of pyridine rings is 1. The summed E-state index contributed by atoms with van der Waals surface area (Å²) in [5.74, 6) is 0.334. The van der Waals surface area contributed by atoms with E-state index in [0.29, 0.717) is 29.2 Å². The topological polar surface area (TPSA) is 84.1 Å². The highest BCUT2D eigenvalue weighted by atomic mass is 16.5. The normalized spacial score (nSPS) is 14.4. The van der Waals surface area contributed by atoms with E-state index in [4.69, 9.17) is 4.74 Å². The maximum atomic E-state index is 12.5. The molecule has 3 rings (SSSR count). The lowest BCUT2D eigenvalue weighted by Crippen LogP contribution is -2.24. The number of nitrogens with zero attached hydrogens (tertiary/aromatic N) is 1. The number of rotatable bonds is 6. The van der Waals surface area contributed by atoms with E-state index in [0.717, 1.165) is 24.1 Å². The first-order valence-electron chi connectivity index (χ1n) is 9.05. The third-order valence-corrected chi connectivity index (χ3v) is 4.86. The molecule has 1 amide bonds. The minimum Gasteiger partial charge on any atom is -0.474 e. The number of carbonyl (C=O) groups excluding carboxylic acids is 2. The Morgan fingerprint density at radius 3 is 2.69 bits per heavy atom. The van der Waals surface area contributed by atoms with Crippen LogP contribution in [0.25, 0.3) is 0 Å². The zero-order valence-electron chi connectivity index (χ0n) is 15.5. The highest BCUT2D eigenvalue weighted by Crippen LogP contribution is 2.23. The number of carbonyl (C=O) groups is 2. The van der Waals surface area contributed by atoms with Crippen molar-refractivity contribution >= 4 is 11.7 Å². The van der Waals surface area contributed by atoms with Crippen molar-refractivity contribution < 1.29 is 14.3 Å². The molecule has 0 bridgehead atoms. The number of nitrogens with one attached hydrogen (secondary N) is 2. The van der Waals surface area contributed by atoms with Crippen molar-refractivity contribution in [3.8, 4) is 5.88 Å². The fourth-order valence-corrected chi connectivity index (χ4v) is 3.58. The summed E-state index contributed by atoms with van der Waals surface area (Å²) in [7, 11) is 0. The number of ether oxygens (including phenoxy) is 1. The van der Waals surface area contributed by atoms with E-state index in [1.54, 1.807) is 20.0 Å². The first-order valence-corrected chi connectivity index (χ1v) is 9.05. The zero-order chi connectivity index (χ0) is 18.7. The second-order valence-electron chi connectivity index (χ2n) is 6.89. The summed E-state index contributed by atoms with van der Waals surface area (Å²) in [6.45, 7) is 5.47. The van der Waals surface area contributed by atoms with Gasteiger partial charge in [0, 0.05) is 30.1 Å². The molecule has 1 fully saturated rings. The van der Waals surface area contributed by atoms with Gasteiger partial charge in [-0.1, -0.05) is 0 Å². The summed E-state index contributed by atoms with van der Waals surface area (Å²) < 4.78 is 5.90. The number of ketones is 1. The van der Waals surface area contributed by atoms with Crippen LogP contribution in [-0.4, -0.2) is 27.8 Å². The third kappa shape index (κ3) is 3.95. The van der Waals surface area contributed by atoms with Gasteiger partial charge in [-0.05, 0) is 63.6 Å². The first-order chi connectivity index (χ1) is 12.5. The van der Waals surface area contributed by atoms with Gasteiger partial charge in [0.2, 0.25) is 5.88 Å². The van der Waals surface area contributed by atoms with Gasteiger partial charge in [-0.25, -0.2) is 4.98 Å². The van der Waals surface area contributed by atoms with Crippen LogP contribution in [-0.2, 0) is 6.54 Å². The Morgan fingerprint density at radius 2 is 2.04 bits per heavy atom. The molecule has 26 heavy (non-hydrogen) atoms. The Balaban J connectivity index is 1.64. The van der Waals surface area contributed by atoms with Crippen LogP contribution in [0.15, 0.2) is 18.3 Å². The maximum Gasteiger partial charge on any atom is 0.268 e. The lowest BCUT2D eigenvalue weighted by atomic mass is 10.1. The number of aryl methyl sites for hydroxylation is 1. The molecule has 0 saturated heterocycles. The van der Waals surface area contributed by atoms with Gasteiger partial charge < -0.3 is 15.0 Å². The molecule has 2 N–H and O–H groups in total. The van der Waals surface area contributed by atoms with Crippen LogP contribution < -0.4 is 10.1 Å². The number of Topliss-reactive ketones (excluding diaryl/α,β-unsaturated/α-hetero) is 1. The molecular formula is C20H25N3O3. The van der Waals surface area contributed by atoms with Crippen molar-refractivity contribution in [1.29, 1.82) is 0 Å². The molecule has 0 aliphatic heterocycles. The summed E-state index contributed by atoms with van der Waals surface area (Å²) in [6.07, 6.45) is 6.51. The quantitative estimate of drug-likeness (QED) is 0.777. The van der Waals surface area contributed by atoms with Crippen molar-refractivity contribution in [1.82, 2.24) is 15.3 Å². The van der Waals surface area contributed by atoms with Crippen LogP contribution in [0.4, 0.5) is 0 Å². The van der Waals surface area contributed by atoms with Gasteiger partial charge in [-0.2, -0.15) is 0 Å². The largest absolute Gasteiger partial charge is 0.474 e. The molecular weight excluding hydrogens is 330 g/mol. The molecule has 0 unspecified atom stereocenters. The van der Waals surface area contributed by atoms with E-state index in [9.17, 15) is 9.59 Å². The molecule has 0 spiro atoms. The zero-order valence-corrected chi connectivity index (χ0v) is 15.5. The molecule has 2 aromatic heterocycles. The molecule has 6 nitrogen and oxygen atoms in total. The number of hydrogen-bond acceptors (Lipinski definition) is 4. The molecule has 0 atom stereocenters. The first kappa shape index (κ1) is 18.2. The highest BCUT2D eigenvalue weighted by molar-refractivity contribution is 6.02. The van der Waals surface area contributed by atoms with E-state index in [2.05, 4.69) is 15.3 Å². The molecule has 1 saturated carbocycles. The highest BCUT2D eigenvalue weighted by Gasteiger charge is 2.20. The lowest BCUT2D eigenvalue weighted by Gasteiger charge is -2.13. The summed E-state index contributed by atoms with van der Waals surface area (Å²) in [6, 6.07) is 3.72. The van der Waals surface area contributed by atoms with Crippen molar-refractivity contribution in [3.63, 3.8) is 0 Å². The van der Waals surface area contributed by atoms with Gasteiger partial charge in [-0.15, -0.1) is 0 Å². The number of aromatic amines is 1. The molecule has 0 radical (unpaired) electrons. The standard InChI is InChI=1S/C20H25N3O3/c1-12-18(14(3)24)13(2)23-19(12)20(25)22-11-15-8-9-21-17(10-15)26-16-6-4-5-7-16/h8-10,16,23H,4-7,11H2,1-3H3,(H,22,25). The van der Waals surface area contributed by atoms with E-state index in [1.165, 1.54) is 19.8 Å². The Kier molecular flexibility index (Phi) is 5.40. The number of amides is 1. The Morgan fingerprint density at radius 1 is 1.31 bits per heavy atom. The molecule has 2 heterocycles. The monoisotopic (exact) mass is 355 g/mol. The molecule has 1 aliphatic rings. The predicted octanol–water partition coefficient (Wildman–Crippen LogP) is 3.48. The van der Waals surface area contributed by atoms with E-state index in [1.807, 2.05) is 12.1 Å². The minimum absolute atomic E-state index is 0.0434. The van der Waals surface area contributed by atoms with Crippen LogP contribution >= 0.6 is 0 Å². The van der Waals surface area contributed by atoms with Crippen LogP contribution in [0.3, 0.4) is 0 Å². The van der Waals surface area contributed by atoms with E-state index in [-0.39, 0.29) is 17.8 Å². The van der Waals surface area contributed by atoms with Gasteiger partial charge in [0.25, 0.3) is 5.91 Å². The van der Waals surface area contributed by atoms with Crippen LogP contribution in [0.5, 0.6) is 5.88 Å². The average molecular weight is 355 g/mol. The molecule has 1 aliphatic carbocycles. The molecule has 138 valence electrons. The number of H-pyrrole nitrogens is 1. The summed E-state index contributed by atoms with van der Waals surface area (Å²) in [5.41, 5.74) is 3.35. The van der Waals surface area contributed by atoms with Crippen LogP contribution in [0.2, 0.25) is 0 Å². The summed E-state index contributed by atoms with van der Waals surface area (Å²) >= 11 is 0. The second kappa shape index (κ2) is 7.72. The smallest absolute Gasteiger partial charge is 0.268 e. The Labute approximate surface area is 153 Å². The summed E-state index contributed by atoms with van der Waals surface area (Å²) in [4.78, 5) is 31.5. The van der Waals surface area contributed by atoms with Gasteiger partial charge in [0.15, 0.2) is 5.78 Å². The van der Waals surface area contributed by atoms with Gasteiger partial charge in [-0.3, -0.25) is 9.59 Å². The van der Waals surface area contributed by atoms with E-state index < -0.39 is 0 Å². The van der Waals surface area contributed by atoms with Gasteiger partial charge >= 0.3 is 0 Å². The van der Waals surface area contributed by atoms with Crippen molar-refractivity contribution in [2.75, 3.05) is 0 Å². The minimum atomic E-state index is -0.229. The predicted molar refractivity (Wildman–Crippen MR) is 98.6 cm³/mol. The Bertz CT molecular complexity index is 820. The third-order valence-electron chi connectivity index (χ3n) is 4.86. The van der Waals surface area contributed by atoms with Gasteiger partial charge in [0.1, 0.15) is 11.8 Å². The summed E-state index contributed by atoms with van der Waals surface area (Å²) in [5, 5.41) is 2.89.